The van der Waals surface area contributed by atoms with Gasteiger partial charge in [0.1, 0.15) is 0 Å². The van der Waals surface area contributed by atoms with Crippen LogP contribution in [-0.4, -0.2) is 30.6 Å². The van der Waals surface area contributed by atoms with Crippen molar-refractivity contribution in [3.05, 3.63) is 6.43 Å². The molecule has 0 saturated heterocycles. The van der Waals surface area contributed by atoms with Gasteiger partial charge in [-0.25, -0.2) is 17.6 Å². The Kier molecular flexibility index (Phi) is 4.10. The van der Waals surface area contributed by atoms with Gasteiger partial charge in [-0.1, -0.05) is 0 Å². The van der Waals surface area contributed by atoms with E-state index in [1.165, 1.54) is 0 Å². The van der Waals surface area contributed by atoms with E-state index in [2.05, 4.69) is 0 Å². The largest absolute Gasteiger partial charge is 0.359 e. The van der Waals surface area contributed by atoms with Crippen LogP contribution in [-0.2, 0) is 0 Å². The summed E-state index contributed by atoms with van der Waals surface area (Å²) in [6.45, 7) is -3.26. The summed E-state index contributed by atoms with van der Waals surface area (Å²) in [5.41, 5.74) is -6.19. The first-order chi connectivity index (χ1) is 6.95. The summed E-state index contributed by atoms with van der Waals surface area (Å²) in [7, 11) is 0. The first-order valence-electron chi connectivity index (χ1n) is 3.42. The molecule has 0 aliphatic rings. The molecule has 16 heavy (non-hydrogen) atoms. The molecule has 1 atom stereocenters. The van der Waals surface area contributed by atoms with Crippen molar-refractivity contribution >= 4 is 0 Å². The lowest BCUT2D eigenvalue weighted by molar-refractivity contribution is -0.308. The van der Waals surface area contributed by atoms with Crippen LogP contribution in [0.5, 0.6) is 0 Å². The lowest BCUT2D eigenvalue weighted by Gasteiger charge is -2.34. The monoisotopic (exact) mass is 265 g/mol. The van der Waals surface area contributed by atoms with Gasteiger partial charge in [0.2, 0.25) is 0 Å². The highest BCUT2D eigenvalue weighted by Crippen LogP contribution is 2.52. The van der Waals surface area contributed by atoms with Crippen molar-refractivity contribution in [1.29, 1.82) is 0 Å². The Balaban J connectivity index is 5.55. The Morgan fingerprint density at radius 1 is 0.938 bits per heavy atom. The average Bonchev–Trinajstić information content (AvgIpc) is 2.15. The second kappa shape index (κ2) is 4.28. The van der Waals surface area contributed by atoms with Gasteiger partial charge >= 0.3 is 23.9 Å². The maximum absolute atomic E-state index is 12.6. The number of alkyl halides is 8. The number of hydrogen-bond acceptors (Lipinski definition) is 0. The Morgan fingerprint density at radius 2 is 1.31 bits per heavy atom. The Labute approximate surface area is 82.2 Å². The molecule has 0 nitrogen and oxygen atoms in total. The van der Waals surface area contributed by atoms with Gasteiger partial charge in [-0.15, -0.1) is 0 Å². The molecule has 0 bridgehead atoms. The predicted octanol–water partition coefficient (Wildman–Crippen LogP) is 3.63. The lowest BCUT2D eigenvalue weighted by atomic mass is 9.93. The predicted molar refractivity (Wildman–Crippen MR) is 31.2 cm³/mol. The quantitative estimate of drug-likeness (QED) is 0.666. The van der Waals surface area contributed by atoms with Crippen molar-refractivity contribution in [2.75, 3.05) is 6.67 Å². The van der Waals surface area contributed by atoms with Crippen molar-refractivity contribution in [1.82, 2.24) is 0 Å². The molecule has 0 heterocycles. The first kappa shape index (κ1) is 15.3. The standard InChI is InChI=1S/C6H3F10/c7-1-4(12,13)6(15,16)5(14,2(8)9)3(10)11/h2H,1H2. The van der Waals surface area contributed by atoms with Gasteiger partial charge in [-0.3, -0.25) is 0 Å². The summed E-state index contributed by atoms with van der Waals surface area (Å²) in [5.74, 6) is -12.5. The Morgan fingerprint density at radius 3 is 1.50 bits per heavy atom. The zero-order valence-corrected chi connectivity index (χ0v) is 7.06. The van der Waals surface area contributed by atoms with Gasteiger partial charge in [0.05, 0.1) is 0 Å². The van der Waals surface area contributed by atoms with Gasteiger partial charge in [0, 0.05) is 0 Å². The van der Waals surface area contributed by atoms with Gasteiger partial charge in [-0.2, -0.15) is 26.3 Å². The van der Waals surface area contributed by atoms with Gasteiger partial charge < -0.3 is 0 Å². The molecule has 0 spiro atoms. The Bertz CT molecular complexity index is 225. The summed E-state index contributed by atoms with van der Waals surface area (Å²) >= 11 is 0. The molecule has 1 radical (unpaired) electrons. The van der Waals surface area contributed by atoms with E-state index in [0.29, 0.717) is 0 Å². The third kappa shape index (κ3) is 1.93. The number of hydrogen-bond donors (Lipinski definition) is 0. The highest BCUT2D eigenvalue weighted by molar-refractivity contribution is 5.11. The van der Waals surface area contributed by atoms with Crippen LogP contribution in [0.1, 0.15) is 0 Å². The molecule has 0 fully saturated rings. The molecule has 0 aromatic rings. The van der Waals surface area contributed by atoms with E-state index >= 15 is 0 Å². The van der Waals surface area contributed by atoms with Crippen LogP contribution in [0.15, 0.2) is 0 Å². The minimum absolute atomic E-state index is 3.26. The molecule has 0 aliphatic heterocycles. The van der Waals surface area contributed by atoms with Crippen LogP contribution in [0.3, 0.4) is 0 Å². The average molecular weight is 265 g/mol. The van der Waals surface area contributed by atoms with Gasteiger partial charge in [0.25, 0.3) is 6.43 Å². The summed E-state index contributed by atoms with van der Waals surface area (Å²) in [5, 5.41) is 0. The van der Waals surface area contributed by atoms with E-state index in [1.54, 1.807) is 0 Å². The first-order valence-corrected chi connectivity index (χ1v) is 3.42. The molecular formula is C6H3F10. The molecular weight excluding hydrogens is 262 g/mol. The fourth-order valence-electron chi connectivity index (χ4n) is 0.688. The minimum Gasteiger partial charge on any atom is -0.244 e. The molecule has 0 saturated carbocycles. The molecule has 97 valence electrons. The third-order valence-electron chi connectivity index (χ3n) is 1.66. The van der Waals surface area contributed by atoms with E-state index in [9.17, 15) is 43.9 Å². The van der Waals surface area contributed by atoms with Gasteiger partial charge in [0.15, 0.2) is 6.67 Å². The van der Waals surface area contributed by atoms with Crippen molar-refractivity contribution in [2.45, 2.75) is 23.9 Å². The third-order valence-corrected chi connectivity index (χ3v) is 1.66. The van der Waals surface area contributed by atoms with Crippen molar-refractivity contribution in [3.8, 4) is 0 Å². The normalized spacial score (nSPS) is 15.0. The van der Waals surface area contributed by atoms with Crippen LogP contribution < -0.4 is 0 Å². The zero-order chi connectivity index (χ0) is 13.4. The highest BCUT2D eigenvalue weighted by Gasteiger charge is 2.78. The summed E-state index contributed by atoms with van der Waals surface area (Å²) in [6.07, 6.45) is -9.38. The van der Waals surface area contributed by atoms with Crippen LogP contribution in [0, 0.1) is 6.43 Å². The lowest BCUT2D eigenvalue weighted by Crippen LogP contribution is -2.62. The molecule has 0 aromatic heterocycles. The molecule has 0 N–H and O–H groups in total. The summed E-state index contributed by atoms with van der Waals surface area (Å²) in [4.78, 5) is 0. The molecule has 0 rings (SSSR count). The van der Waals surface area contributed by atoms with Gasteiger partial charge in [-0.05, 0) is 0 Å². The Hall–Kier alpha value is -0.700. The second-order valence-corrected chi connectivity index (χ2v) is 2.69. The van der Waals surface area contributed by atoms with Crippen LogP contribution in [0.4, 0.5) is 43.9 Å². The van der Waals surface area contributed by atoms with Crippen LogP contribution in [0.2, 0.25) is 0 Å². The minimum atomic E-state index is -6.57. The van der Waals surface area contributed by atoms with Crippen molar-refractivity contribution in [3.63, 3.8) is 0 Å². The maximum atomic E-state index is 12.6. The van der Waals surface area contributed by atoms with Crippen molar-refractivity contribution in [2.24, 2.45) is 0 Å². The molecule has 0 amide bonds. The number of rotatable bonds is 5. The van der Waals surface area contributed by atoms with E-state index < -0.39 is 37.0 Å². The fourth-order valence-corrected chi connectivity index (χ4v) is 0.688. The number of halogens is 10. The maximum Gasteiger partial charge on any atom is 0.359 e. The van der Waals surface area contributed by atoms with Crippen LogP contribution >= 0.6 is 0 Å². The van der Waals surface area contributed by atoms with E-state index in [4.69, 9.17) is 0 Å². The smallest absolute Gasteiger partial charge is 0.244 e. The second-order valence-electron chi connectivity index (χ2n) is 2.69. The topological polar surface area (TPSA) is 0 Å². The van der Waals surface area contributed by atoms with Crippen LogP contribution in [0.25, 0.3) is 0 Å². The molecule has 1 unspecified atom stereocenters. The fraction of sp³-hybridized carbons (Fsp3) is 0.833. The molecule has 10 heteroatoms. The molecule has 0 aliphatic carbocycles. The van der Waals surface area contributed by atoms with Crippen molar-refractivity contribution < 1.29 is 43.9 Å². The summed E-state index contributed by atoms with van der Waals surface area (Å²) < 4.78 is 120. The van der Waals surface area contributed by atoms with E-state index in [1.807, 2.05) is 0 Å². The van der Waals surface area contributed by atoms with E-state index in [-0.39, 0.29) is 0 Å². The zero-order valence-electron chi connectivity index (χ0n) is 7.06. The SMILES string of the molecule is FCC(F)(F)C(F)(F)C(F)([C](F)F)C(F)F. The molecule has 0 aromatic carbocycles. The van der Waals surface area contributed by atoms with E-state index in [0.717, 1.165) is 0 Å². The summed E-state index contributed by atoms with van der Waals surface area (Å²) in [6, 6.07) is 0. The highest BCUT2D eigenvalue weighted by atomic mass is 19.3.